The zero-order valence-corrected chi connectivity index (χ0v) is 8.94. The Hall–Kier alpha value is -2.45. The Kier molecular flexibility index (Phi) is 3.19. The van der Waals surface area contributed by atoms with Crippen LogP contribution in [0, 0.1) is 5.82 Å². The number of benzene rings is 1. The van der Waals surface area contributed by atoms with Crippen molar-refractivity contribution in [2.24, 2.45) is 0 Å². The maximum atomic E-state index is 13.4. The lowest BCUT2D eigenvalue weighted by Gasteiger charge is -2.09. The minimum absolute atomic E-state index is 0.227. The second-order valence-corrected chi connectivity index (χ2v) is 3.25. The zero-order chi connectivity index (χ0) is 14.0. The zero-order valence-electron chi connectivity index (χ0n) is 8.94. The van der Waals surface area contributed by atoms with Gasteiger partial charge in [0.05, 0.1) is 5.56 Å². The van der Waals surface area contributed by atoms with E-state index in [-0.39, 0.29) is 6.29 Å². The molecule has 19 heavy (non-hydrogen) atoms. The van der Waals surface area contributed by atoms with Gasteiger partial charge in [-0.3, -0.25) is 4.79 Å². The summed E-state index contributed by atoms with van der Waals surface area (Å²) in [5.41, 5.74) is -0.401. The second-order valence-electron chi connectivity index (χ2n) is 3.25. The average molecular weight is 276 g/mol. The third kappa shape index (κ3) is 3.06. The van der Waals surface area contributed by atoms with Crippen molar-refractivity contribution in [2.75, 3.05) is 0 Å². The van der Waals surface area contributed by atoms with E-state index in [4.69, 9.17) is 4.42 Å². The van der Waals surface area contributed by atoms with Gasteiger partial charge in [-0.2, -0.15) is 0 Å². The highest BCUT2D eigenvalue weighted by Gasteiger charge is 2.31. The smallest absolute Gasteiger partial charge is 0.414 e. The van der Waals surface area contributed by atoms with Gasteiger partial charge in [0, 0.05) is 0 Å². The van der Waals surface area contributed by atoms with Crippen LogP contribution in [0.4, 0.5) is 17.6 Å². The molecule has 0 aliphatic carbocycles. The van der Waals surface area contributed by atoms with Crippen molar-refractivity contribution < 1.29 is 31.5 Å². The Morgan fingerprint density at radius 1 is 1.26 bits per heavy atom. The summed E-state index contributed by atoms with van der Waals surface area (Å²) in [5.74, 6) is -2.38. The van der Waals surface area contributed by atoms with Crippen molar-refractivity contribution in [3.8, 4) is 17.2 Å². The number of alkyl halides is 3. The first-order valence-electron chi connectivity index (χ1n) is 4.73. The minimum atomic E-state index is -4.90. The molecule has 2 aromatic rings. The molecule has 0 N–H and O–H groups in total. The number of carbonyl (C=O) groups excluding carboxylic acids is 1. The highest BCUT2D eigenvalue weighted by molar-refractivity contribution is 5.68. The lowest BCUT2D eigenvalue weighted by Crippen LogP contribution is -2.17. The van der Waals surface area contributed by atoms with Crippen molar-refractivity contribution in [1.82, 2.24) is 10.2 Å². The molecule has 0 bridgehead atoms. The van der Waals surface area contributed by atoms with E-state index in [9.17, 15) is 22.4 Å². The first kappa shape index (κ1) is 13.0. The predicted octanol–water partition coefficient (Wildman–Crippen LogP) is 2.59. The highest BCUT2D eigenvalue weighted by Crippen LogP contribution is 2.29. The quantitative estimate of drug-likeness (QED) is 0.636. The van der Waals surface area contributed by atoms with Crippen LogP contribution in [-0.4, -0.2) is 22.8 Å². The Bertz CT molecular complexity index is 609. The third-order valence-corrected chi connectivity index (χ3v) is 1.94. The first-order chi connectivity index (χ1) is 8.89. The fourth-order valence-corrected chi connectivity index (χ4v) is 1.26. The van der Waals surface area contributed by atoms with E-state index in [0.29, 0.717) is 0 Å². The summed E-state index contributed by atoms with van der Waals surface area (Å²) in [5, 5.41) is 6.57. The summed E-state index contributed by atoms with van der Waals surface area (Å²) < 4.78 is 57.9. The molecule has 5 nitrogen and oxygen atoms in total. The fourth-order valence-electron chi connectivity index (χ4n) is 1.26. The average Bonchev–Trinajstić information content (AvgIpc) is 2.78. The van der Waals surface area contributed by atoms with E-state index >= 15 is 0 Å². The maximum Gasteiger partial charge on any atom is 0.573 e. The van der Waals surface area contributed by atoms with Crippen LogP contribution in [0.3, 0.4) is 0 Å². The Morgan fingerprint density at radius 2 is 2.00 bits per heavy atom. The molecule has 0 fully saturated rings. The number of hydrogen-bond acceptors (Lipinski definition) is 5. The summed E-state index contributed by atoms with van der Waals surface area (Å²) in [6.07, 6.45) is -4.68. The molecule has 9 heteroatoms. The summed E-state index contributed by atoms with van der Waals surface area (Å²) in [7, 11) is 0. The van der Waals surface area contributed by atoms with Crippen molar-refractivity contribution in [2.45, 2.75) is 6.36 Å². The number of rotatable bonds is 3. The summed E-state index contributed by atoms with van der Waals surface area (Å²) in [6.45, 7) is 0. The molecule has 0 radical (unpaired) electrons. The van der Waals surface area contributed by atoms with Gasteiger partial charge in [-0.1, -0.05) is 0 Å². The standard InChI is InChI=1S/C10H4F4N2O3/c11-7-2-1-5(19-10(12,13)14)3-6(7)9-16-15-8(4-17)18-9/h1-4H. The van der Waals surface area contributed by atoms with Crippen LogP contribution in [0.5, 0.6) is 5.75 Å². The molecule has 1 aromatic carbocycles. The molecule has 0 saturated heterocycles. The number of nitrogens with zero attached hydrogens (tertiary/aromatic N) is 2. The summed E-state index contributed by atoms with van der Waals surface area (Å²) in [6, 6.07) is 2.29. The molecule has 2 rings (SSSR count). The monoisotopic (exact) mass is 276 g/mol. The van der Waals surface area contributed by atoms with Gasteiger partial charge in [-0.25, -0.2) is 4.39 Å². The Labute approximate surface area is 102 Å². The normalized spacial score (nSPS) is 11.4. The number of ether oxygens (including phenoxy) is 1. The number of aldehydes is 1. The van der Waals surface area contributed by atoms with Gasteiger partial charge in [0.1, 0.15) is 11.6 Å². The van der Waals surface area contributed by atoms with Gasteiger partial charge in [-0.05, 0) is 18.2 Å². The molecule has 0 aliphatic rings. The van der Waals surface area contributed by atoms with Gasteiger partial charge in [-0.15, -0.1) is 23.4 Å². The van der Waals surface area contributed by atoms with Gasteiger partial charge in [0.25, 0.3) is 11.8 Å². The SMILES string of the molecule is O=Cc1nnc(-c2cc(OC(F)(F)F)ccc2F)o1. The number of carbonyl (C=O) groups is 1. The van der Waals surface area contributed by atoms with E-state index in [0.717, 1.165) is 18.2 Å². The van der Waals surface area contributed by atoms with Crippen LogP contribution >= 0.6 is 0 Å². The number of halogens is 4. The summed E-state index contributed by atoms with van der Waals surface area (Å²) in [4.78, 5) is 10.3. The molecule has 0 spiro atoms. The van der Waals surface area contributed by atoms with Gasteiger partial charge in [0.2, 0.25) is 6.29 Å². The molecule has 0 unspecified atom stereocenters. The molecule has 0 aliphatic heterocycles. The van der Waals surface area contributed by atoms with E-state index in [2.05, 4.69) is 14.9 Å². The van der Waals surface area contributed by atoms with E-state index in [1.54, 1.807) is 0 Å². The van der Waals surface area contributed by atoms with Crippen molar-refractivity contribution >= 4 is 6.29 Å². The van der Waals surface area contributed by atoms with E-state index in [1.807, 2.05) is 0 Å². The first-order valence-corrected chi connectivity index (χ1v) is 4.73. The van der Waals surface area contributed by atoms with Crippen LogP contribution in [0.15, 0.2) is 22.6 Å². The molecular formula is C10H4F4N2O3. The van der Waals surface area contributed by atoms with Gasteiger partial charge < -0.3 is 9.15 Å². The second kappa shape index (κ2) is 4.67. The molecular weight excluding hydrogens is 272 g/mol. The van der Waals surface area contributed by atoms with Crippen molar-refractivity contribution in [3.63, 3.8) is 0 Å². The van der Waals surface area contributed by atoms with Crippen LogP contribution in [-0.2, 0) is 0 Å². The van der Waals surface area contributed by atoms with Crippen molar-refractivity contribution in [1.29, 1.82) is 0 Å². The molecule has 1 heterocycles. The predicted molar refractivity (Wildman–Crippen MR) is 51.8 cm³/mol. The summed E-state index contributed by atoms with van der Waals surface area (Å²) >= 11 is 0. The van der Waals surface area contributed by atoms with Crippen LogP contribution in [0.2, 0.25) is 0 Å². The highest BCUT2D eigenvalue weighted by atomic mass is 19.4. The van der Waals surface area contributed by atoms with Gasteiger partial charge in [0.15, 0.2) is 0 Å². The number of hydrogen-bond donors (Lipinski definition) is 0. The topological polar surface area (TPSA) is 65.2 Å². The molecule has 0 saturated carbocycles. The lowest BCUT2D eigenvalue weighted by atomic mass is 10.2. The Morgan fingerprint density at radius 3 is 2.58 bits per heavy atom. The molecule has 0 amide bonds. The van der Waals surface area contributed by atoms with Crippen LogP contribution in [0.1, 0.15) is 10.7 Å². The van der Waals surface area contributed by atoms with Crippen LogP contribution in [0.25, 0.3) is 11.5 Å². The van der Waals surface area contributed by atoms with Crippen LogP contribution < -0.4 is 4.74 Å². The van der Waals surface area contributed by atoms with E-state index < -0.39 is 35.3 Å². The fraction of sp³-hybridized carbons (Fsp3) is 0.100. The molecule has 1 aromatic heterocycles. The Balaban J connectivity index is 2.39. The maximum absolute atomic E-state index is 13.4. The van der Waals surface area contributed by atoms with Crippen molar-refractivity contribution in [3.05, 3.63) is 29.9 Å². The van der Waals surface area contributed by atoms with E-state index in [1.165, 1.54) is 0 Å². The lowest BCUT2D eigenvalue weighted by molar-refractivity contribution is -0.274. The molecule has 100 valence electrons. The largest absolute Gasteiger partial charge is 0.573 e. The van der Waals surface area contributed by atoms with Gasteiger partial charge >= 0.3 is 6.36 Å². The number of aromatic nitrogens is 2. The third-order valence-electron chi connectivity index (χ3n) is 1.94. The molecule has 0 atom stereocenters. The minimum Gasteiger partial charge on any atom is -0.414 e.